The van der Waals surface area contributed by atoms with Crippen molar-refractivity contribution < 1.29 is 9.53 Å². The van der Waals surface area contributed by atoms with Crippen molar-refractivity contribution in [3.05, 3.63) is 65.2 Å². The Labute approximate surface area is 197 Å². The molecule has 0 aliphatic carbocycles. The smallest absolute Gasteiger partial charge is 0.253 e. The number of aryl methyl sites for hydroxylation is 1. The maximum absolute atomic E-state index is 12.1. The van der Waals surface area contributed by atoms with E-state index in [1.54, 1.807) is 19.0 Å². The fraction of sp³-hybridized carbons (Fsp3) is 0.391. The summed E-state index contributed by atoms with van der Waals surface area (Å²) in [7, 11) is 3.52. The van der Waals surface area contributed by atoms with Crippen LogP contribution >= 0.6 is 24.0 Å². The lowest BCUT2D eigenvalue weighted by Crippen LogP contribution is -2.39. The first kappa shape index (κ1) is 25.7. The van der Waals surface area contributed by atoms with E-state index >= 15 is 0 Å². The summed E-state index contributed by atoms with van der Waals surface area (Å²) in [6, 6.07) is 15.8. The van der Waals surface area contributed by atoms with Crippen LogP contribution in [0.4, 0.5) is 0 Å². The Morgan fingerprint density at radius 1 is 1.10 bits per heavy atom. The number of rotatable bonds is 9. The molecule has 0 aliphatic rings. The first-order valence-corrected chi connectivity index (χ1v) is 10.0. The Kier molecular flexibility index (Phi) is 11.9. The quantitative estimate of drug-likeness (QED) is 0.228. The highest BCUT2D eigenvalue weighted by Crippen LogP contribution is 2.11. The van der Waals surface area contributed by atoms with Gasteiger partial charge in [-0.2, -0.15) is 0 Å². The van der Waals surface area contributed by atoms with E-state index < -0.39 is 0 Å². The van der Waals surface area contributed by atoms with Gasteiger partial charge < -0.3 is 20.3 Å². The minimum Gasteiger partial charge on any atom is -0.492 e. The molecule has 2 aromatic rings. The third kappa shape index (κ3) is 9.02. The largest absolute Gasteiger partial charge is 0.492 e. The summed E-state index contributed by atoms with van der Waals surface area (Å²) in [5, 5.41) is 6.53. The van der Waals surface area contributed by atoms with Crippen LogP contribution in [0.5, 0.6) is 5.75 Å². The zero-order chi connectivity index (χ0) is 21.1. The maximum Gasteiger partial charge on any atom is 0.253 e. The van der Waals surface area contributed by atoms with Crippen molar-refractivity contribution in [2.75, 3.05) is 40.3 Å². The molecule has 0 saturated heterocycles. The Balaban J connectivity index is 0.00000450. The summed E-state index contributed by atoms with van der Waals surface area (Å²) in [6.45, 7) is 6.73. The predicted octanol–water partition coefficient (Wildman–Crippen LogP) is 3.49. The number of halogens is 1. The van der Waals surface area contributed by atoms with Crippen LogP contribution < -0.4 is 15.4 Å². The van der Waals surface area contributed by atoms with Gasteiger partial charge in [0.25, 0.3) is 5.91 Å². The molecule has 6 nitrogen and oxygen atoms in total. The molecule has 0 heterocycles. The molecule has 30 heavy (non-hydrogen) atoms. The van der Waals surface area contributed by atoms with Crippen molar-refractivity contribution in [2.24, 2.45) is 4.99 Å². The average molecular weight is 524 g/mol. The molecule has 0 spiro atoms. The van der Waals surface area contributed by atoms with Gasteiger partial charge in [-0.15, -0.1) is 24.0 Å². The van der Waals surface area contributed by atoms with Crippen LogP contribution in [-0.4, -0.2) is 57.1 Å². The van der Waals surface area contributed by atoms with E-state index in [0.29, 0.717) is 25.3 Å². The van der Waals surface area contributed by atoms with Gasteiger partial charge >= 0.3 is 0 Å². The Bertz CT molecular complexity index is 807. The number of amides is 1. The second-order valence-electron chi connectivity index (χ2n) is 7.00. The second-order valence-corrected chi connectivity index (χ2v) is 7.00. The highest BCUT2D eigenvalue weighted by molar-refractivity contribution is 14.0. The van der Waals surface area contributed by atoms with Crippen LogP contribution in [0.25, 0.3) is 0 Å². The van der Waals surface area contributed by atoms with E-state index in [4.69, 9.17) is 4.74 Å². The summed E-state index contributed by atoms with van der Waals surface area (Å²) in [5.41, 5.74) is 3.02. The number of nitrogens with zero attached hydrogens (tertiary/aromatic N) is 2. The zero-order valence-corrected chi connectivity index (χ0v) is 20.6. The van der Waals surface area contributed by atoms with E-state index in [1.165, 1.54) is 5.56 Å². The first-order chi connectivity index (χ1) is 14.0. The highest BCUT2D eigenvalue weighted by atomic mass is 127. The summed E-state index contributed by atoms with van der Waals surface area (Å²) in [4.78, 5) is 18.3. The Morgan fingerprint density at radius 2 is 1.83 bits per heavy atom. The Morgan fingerprint density at radius 3 is 2.50 bits per heavy atom. The van der Waals surface area contributed by atoms with Gasteiger partial charge in [-0.3, -0.25) is 9.79 Å². The molecule has 2 rings (SSSR count). The van der Waals surface area contributed by atoms with Crippen LogP contribution in [0, 0.1) is 6.92 Å². The van der Waals surface area contributed by atoms with Gasteiger partial charge in [-0.25, -0.2) is 0 Å². The minimum atomic E-state index is 0. The van der Waals surface area contributed by atoms with Gasteiger partial charge in [0.05, 0.1) is 6.54 Å². The Hall–Kier alpha value is -2.29. The van der Waals surface area contributed by atoms with Crippen LogP contribution in [-0.2, 0) is 6.42 Å². The van der Waals surface area contributed by atoms with Crippen molar-refractivity contribution in [2.45, 2.75) is 20.3 Å². The average Bonchev–Trinajstić information content (AvgIpc) is 2.72. The van der Waals surface area contributed by atoms with Crippen molar-refractivity contribution in [3.63, 3.8) is 0 Å². The molecule has 2 N–H and O–H groups in total. The lowest BCUT2D eigenvalue weighted by Gasteiger charge is -2.13. The molecular formula is C23H33IN4O2. The van der Waals surface area contributed by atoms with Gasteiger partial charge in [0.2, 0.25) is 0 Å². The highest BCUT2D eigenvalue weighted by Gasteiger charge is 2.08. The minimum absolute atomic E-state index is 0. The van der Waals surface area contributed by atoms with Gasteiger partial charge in [-0.05, 0) is 50.1 Å². The SMILES string of the molecule is CCNC(=NCCc1cccc(C(=O)N(C)C)c1)NCCOc1ccc(C)cc1.I. The summed E-state index contributed by atoms with van der Waals surface area (Å²) in [5.74, 6) is 1.64. The number of carbonyl (C=O) groups is 1. The van der Waals surface area contributed by atoms with E-state index in [0.717, 1.165) is 30.2 Å². The summed E-state index contributed by atoms with van der Waals surface area (Å²) < 4.78 is 5.74. The molecule has 0 atom stereocenters. The second kappa shape index (κ2) is 13.8. The van der Waals surface area contributed by atoms with Crippen molar-refractivity contribution in [1.29, 1.82) is 0 Å². The molecule has 1 amide bonds. The van der Waals surface area contributed by atoms with Gasteiger partial charge in [0.15, 0.2) is 5.96 Å². The summed E-state index contributed by atoms with van der Waals surface area (Å²) in [6.07, 6.45) is 0.769. The van der Waals surface area contributed by atoms with Crippen LogP contribution in [0.3, 0.4) is 0 Å². The van der Waals surface area contributed by atoms with Crippen LogP contribution in [0.1, 0.15) is 28.4 Å². The van der Waals surface area contributed by atoms with E-state index in [-0.39, 0.29) is 29.9 Å². The van der Waals surface area contributed by atoms with E-state index in [1.807, 2.05) is 55.5 Å². The molecule has 2 aromatic carbocycles. The normalized spacial score (nSPS) is 10.7. The van der Waals surface area contributed by atoms with Crippen molar-refractivity contribution in [1.82, 2.24) is 15.5 Å². The number of aliphatic imine (C=N–C) groups is 1. The van der Waals surface area contributed by atoms with Crippen molar-refractivity contribution in [3.8, 4) is 5.75 Å². The van der Waals surface area contributed by atoms with Gasteiger partial charge in [0, 0.05) is 32.7 Å². The molecule has 0 aliphatic heterocycles. The molecule has 0 aromatic heterocycles. The van der Waals surface area contributed by atoms with Gasteiger partial charge in [-0.1, -0.05) is 29.8 Å². The maximum atomic E-state index is 12.1. The molecule has 164 valence electrons. The van der Waals surface area contributed by atoms with Crippen LogP contribution in [0.2, 0.25) is 0 Å². The fourth-order valence-electron chi connectivity index (χ4n) is 2.73. The molecule has 7 heteroatoms. The monoisotopic (exact) mass is 524 g/mol. The number of benzene rings is 2. The van der Waals surface area contributed by atoms with E-state index in [9.17, 15) is 4.79 Å². The number of nitrogens with one attached hydrogen (secondary N) is 2. The third-order valence-electron chi connectivity index (χ3n) is 4.28. The van der Waals surface area contributed by atoms with Gasteiger partial charge in [0.1, 0.15) is 12.4 Å². The number of guanidine groups is 1. The zero-order valence-electron chi connectivity index (χ0n) is 18.3. The third-order valence-corrected chi connectivity index (χ3v) is 4.28. The van der Waals surface area contributed by atoms with Crippen molar-refractivity contribution >= 4 is 35.8 Å². The number of hydrogen-bond donors (Lipinski definition) is 2. The fourth-order valence-corrected chi connectivity index (χ4v) is 2.73. The molecular weight excluding hydrogens is 491 g/mol. The van der Waals surface area contributed by atoms with E-state index in [2.05, 4.69) is 22.5 Å². The molecule has 0 saturated carbocycles. The number of hydrogen-bond acceptors (Lipinski definition) is 3. The standard InChI is InChI=1S/C23H32N4O2.HI/c1-5-24-23(26-15-16-29-21-11-9-18(2)10-12-21)25-14-13-19-7-6-8-20(17-19)22(28)27(3)4;/h6-12,17H,5,13-16H2,1-4H3,(H2,24,25,26);1H. The van der Waals surface area contributed by atoms with Crippen LogP contribution in [0.15, 0.2) is 53.5 Å². The topological polar surface area (TPSA) is 66.0 Å². The molecule has 0 radical (unpaired) electrons. The predicted molar refractivity (Wildman–Crippen MR) is 134 cm³/mol. The summed E-state index contributed by atoms with van der Waals surface area (Å²) >= 11 is 0. The lowest BCUT2D eigenvalue weighted by atomic mass is 10.1. The number of ether oxygens (including phenoxy) is 1. The lowest BCUT2D eigenvalue weighted by molar-refractivity contribution is 0.0827. The molecule has 0 unspecified atom stereocenters. The molecule has 0 bridgehead atoms. The number of carbonyl (C=O) groups excluding carboxylic acids is 1. The first-order valence-electron chi connectivity index (χ1n) is 10.0. The molecule has 0 fully saturated rings.